The van der Waals surface area contributed by atoms with Crippen molar-refractivity contribution in [2.75, 3.05) is 6.61 Å². The van der Waals surface area contributed by atoms with Crippen molar-refractivity contribution in [3.05, 3.63) is 0 Å². The molecule has 0 aromatic carbocycles. The molecule has 31 heavy (non-hydrogen) atoms. The van der Waals surface area contributed by atoms with Crippen LogP contribution in [0.25, 0.3) is 0 Å². The van der Waals surface area contributed by atoms with Gasteiger partial charge in [0.05, 0.1) is 23.8 Å². The molecule has 0 saturated carbocycles. The van der Waals surface area contributed by atoms with E-state index in [1.165, 1.54) is 0 Å². The van der Waals surface area contributed by atoms with Crippen LogP contribution >= 0.6 is 0 Å². The fourth-order valence-corrected chi connectivity index (χ4v) is 4.04. The second-order valence-corrected chi connectivity index (χ2v) is 9.11. The van der Waals surface area contributed by atoms with Crippen molar-refractivity contribution in [3.63, 3.8) is 0 Å². The zero-order valence-corrected chi connectivity index (χ0v) is 17.9. The number of rotatable bonds is 7. The molecule has 0 aromatic heterocycles. The number of aliphatic carboxylic acids is 1. The fourth-order valence-electron chi connectivity index (χ4n) is 4.04. The minimum absolute atomic E-state index is 0.306. The molecule has 1 fully saturated rings. The van der Waals surface area contributed by atoms with Crippen molar-refractivity contribution in [1.82, 2.24) is 4.90 Å². The summed E-state index contributed by atoms with van der Waals surface area (Å²) in [6.45, 7) is 6.33. The first-order valence-corrected chi connectivity index (χ1v) is 9.61. The average Bonchev–Trinajstić information content (AvgIpc) is 2.91. The molecule has 3 atom stereocenters. The molecule has 1 rings (SSSR count). The number of carbonyl (C=O) groups excluding carboxylic acids is 2. The summed E-state index contributed by atoms with van der Waals surface area (Å²) < 4.78 is 84.1. The van der Waals surface area contributed by atoms with Gasteiger partial charge in [0.1, 0.15) is 6.61 Å². The van der Waals surface area contributed by atoms with Crippen LogP contribution in [0.3, 0.4) is 0 Å². The van der Waals surface area contributed by atoms with E-state index in [-0.39, 0.29) is 6.61 Å². The van der Waals surface area contributed by atoms with Crippen molar-refractivity contribution in [2.45, 2.75) is 72.3 Å². The number of alkyl halides is 6. The Morgan fingerprint density at radius 1 is 1.06 bits per heavy atom. The van der Waals surface area contributed by atoms with Gasteiger partial charge in [-0.15, -0.1) is 0 Å². The summed E-state index contributed by atoms with van der Waals surface area (Å²) in [5.41, 5.74) is -4.47. The highest BCUT2D eigenvalue weighted by atomic mass is 19.4. The van der Waals surface area contributed by atoms with Crippen LogP contribution in [0, 0.1) is 22.7 Å². The van der Waals surface area contributed by atoms with E-state index in [1.807, 2.05) is 0 Å². The summed E-state index contributed by atoms with van der Waals surface area (Å²) in [5, 5.41) is 9.93. The first-order chi connectivity index (χ1) is 13.7. The molecule has 6 nitrogen and oxygen atoms in total. The molecule has 1 heterocycles. The van der Waals surface area contributed by atoms with E-state index in [2.05, 4.69) is 0 Å². The topological polar surface area (TPSA) is 83.9 Å². The lowest BCUT2D eigenvalue weighted by atomic mass is 9.56. The van der Waals surface area contributed by atoms with Gasteiger partial charge < -0.3 is 9.84 Å². The van der Waals surface area contributed by atoms with Gasteiger partial charge in [0.15, 0.2) is 0 Å². The quantitative estimate of drug-likeness (QED) is 0.536. The number of halogens is 6. The van der Waals surface area contributed by atoms with E-state index in [0.29, 0.717) is 4.90 Å². The molecule has 0 bridgehead atoms. The van der Waals surface area contributed by atoms with Crippen LogP contribution in [0.4, 0.5) is 31.1 Å². The monoisotopic (exact) mass is 463 g/mol. The Morgan fingerprint density at radius 2 is 1.58 bits per heavy atom. The number of carbonyl (C=O) groups is 3. The van der Waals surface area contributed by atoms with Gasteiger partial charge >= 0.3 is 24.4 Å². The highest BCUT2D eigenvalue weighted by Crippen LogP contribution is 2.54. The third kappa shape index (κ3) is 6.03. The molecule has 1 aliphatic rings. The Labute approximate surface area is 175 Å². The minimum atomic E-state index is -5.08. The Bertz CT molecular complexity index is 697. The summed E-state index contributed by atoms with van der Waals surface area (Å²) in [5.74, 6) is -6.39. The molecular weight excluding hydrogens is 436 g/mol. The molecule has 1 aliphatic heterocycles. The van der Waals surface area contributed by atoms with Crippen molar-refractivity contribution >= 4 is 18.0 Å². The molecule has 12 heteroatoms. The molecule has 0 spiro atoms. The zero-order chi connectivity index (χ0) is 24.6. The van der Waals surface area contributed by atoms with Crippen LogP contribution in [0.2, 0.25) is 0 Å². The summed E-state index contributed by atoms with van der Waals surface area (Å²) in [7, 11) is 0. The van der Waals surface area contributed by atoms with E-state index < -0.39 is 78.3 Å². The van der Waals surface area contributed by atoms with Crippen molar-refractivity contribution in [3.8, 4) is 0 Å². The normalized spacial score (nSPS) is 21.1. The molecule has 1 unspecified atom stereocenters. The number of imide groups is 1. The smallest absolute Gasteiger partial charge is 0.416 e. The first-order valence-electron chi connectivity index (χ1n) is 9.61. The second kappa shape index (κ2) is 8.85. The number of amides is 2. The van der Waals surface area contributed by atoms with Crippen molar-refractivity contribution < 1.29 is 50.6 Å². The molecule has 0 aliphatic carbocycles. The average molecular weight is 463 g/mol. The summed E-state index contributed by atoms with van der Waals surface area (Å²) in [4.78, 5) is 38.1. The van der Waals surface area contributed by atoms with Gasteiger partial charge in [0, 0.05) is 6.42 Å². The highest BCUT2D eigenvalue weighted by molar-refractivity contribution is 5.97. The van der Waals surface area contributed by atoms with Crippen LogP contribution in [-0.4, -0.2) is 53.0 Å². The standard InChI is InChI=1S/C19H27F6NO5/c1-10(2)12-9-31-15(30)26(12)13(27)11(8-19(23,24)25)17(14(28)29,16(3,4)5)6-7-18(20,21)22/h10-12H,6-9H2,1-5H3,(H,28,29)/t11-,12+,17?/m0/s1. The minimum Gasteiger partial charge on any atom is -0.481 e. The van der Waals surface area contributed by atoms with Gasteiger partial charge in [-0.25, -0.2) is 9.69 Å². The fraction of sp³-hybridized carbons (Fsp3) is 0.842. The number of cyclic esters (lactones) is 1. The van der Waals surface area contributed by atoms with E-state index in [4.69, 9.17) is 4.74 Å². The predicted octanol–water partition coefficient (Wildman–Crippen LogP) is 5.02. The number of carboxylic acid groups (broad SMARTS) is 1. The van der Waals surface area contributed by atoms with Crippen molar-refractivity contribution in [1.29, 1.82) is 0 Å². The largest absolute Gasteiger partial charge is 0.481 e. The van der Waals surface area contributed by atoms with Crippen LogP contribution in [0.5, 0.6) is 0 Å². The van der Waals surface area contributed by atoms with Crippen LogP contribution in [0.15, 0.2) is 0 Å². The van der Waals surface area contributed by atoms with Crippen molar-refractivity contribution in [2.24, 2.45) is 22.7 Å². The SMILES string of the molecule is CC(C)[C@H]1COC(=O)N1C(=O)[C@H](CC(F)(F)F)C(CCC(F)(F)F)(C(=O)O)C(C)(C)C. The zero-order valence-electron chi connectivity index (χ0n) is 17.9. The number of nitrogens with zero attached hydrogens (tertiary/aromatic N) is 1. The highest BCUT2D eigenvalue weighted by Gasteiger charge is 2.62. The van der Waals surface area contributed by atoms with Gasteiger partial charge in [0.25, 0.3) is 0 Å². The second-order valence-electron chi connectivity index (χ2n) is 9.11. The van der Waals surface area contributed by atoms with E-state index in [9.17, 15) is 45.8 Å². The molecular formula is C19H27F6NO5. The van der Waals surface area contributed by atoms with E-state index in [0.717, 1.165) is 20.8 Å². The van der Waals surface area contributed by atoms with Gasteiger partial charge in [-0.05, 0) is 17.8 Å². The Balaban J connectivity index is 3.70. The maximum absolute atomic E-state index is 13.5. The molecule has 0 radical (unpaired) electrons. The van der Waals surface area contributed by atoms with Crippen LogP contribution in [0.1, 0.15) is 53.9 Å². The molecule has 180 valence electrons. The van der Waals surface area contributed by atoms with Gasteiger partial charge in [-0.1, -0.05) is 34.6 Å². The maximum atomic E-state index is 13.5. The lowest BCUT2D eigenvalue weighted by Gasteiger charge is -2.47. The number of ether oxygens (including phenoxy) is 1. The molecule has 1 saturated heterocycles. The van der Waals surface area contributed by atoms with Crippen LogP contribution in [-0.2, 0) is 14.3 Å². The maximum Gasteiger partial charge on any atom is 0.416 e. The predicted molar refractivity (Wildman–Crippen MR) is 95.8 cm³/mol. The Hall–Kier alpha value is -2.01. The van der Waals surface area contributed by atoms with Crippen LogP contribution < -0.4 is 0 Å². The number of hydrogen-bond donors (Lipinski definition) is 1. The number of hydrogen-bond acceptors (Lipinski definition) is 4. The lowest BCUT2D eigenvalue weighted by molar-refractivity contribution is -0.196. The molecule has 0 aromatic rings. The third-order valence-electron chi connectivity index (χ3n) is 5.76. The summed E-state index contributed by atoms with van der Waals surface area (Å²) in [6.07, 6.45) is -16.2. The summed E-state index contributed by atoms with van der Waals surface area (Å²) in [6, 6.07) is -0.968. The third-order valence-corrected chi connectivity index (χ3v) is 5.76. The molecule has 2 amide bonds. The van der Waals surface area contributed by atoms with E-state index in [1.54, 1.807) is 13.8 Å². The number of carboxylic acids is 1. The Morgan fingerprint density at radius 3 is 1.94 bits per heavy atom. The van der Waals surface area contributed by atoms with Gasteiger partial charge in [-0.2, -0.15) is 26.3 Å². The van der Waals surface area contributed by atoms with Gasteiger partial charge in [-0.3, -0.25) is 9.59 Å². The first kappa shape index (κ1) is 27.0. The summed E-state index contributed by atoms with van der Waals surface area (Å²) >= 11 is 0. The van der Waals surface area contributed by atoms with E-state index >= 15 is 0 Å². The lowest BCUT2D eigenvalue weighted by Crippen LogP contribution is -2.57. The van der Waals surface area contributed by atoms with Gasteiger partial charge in [0.2, 0.25) is 5.91 Å². The Kier molecular flexibility index (Phi) is 7.72. The molecule has 1 N–H and O–H groups in total.